The molecule has 4 rings (SSSR count). The van der Waals surface area contributed by atoms with Gasteiger partial charge in [-0.05, 0) is 42.8 Å². The molecule has 0 aliphatic carbocycles. The van der Waals surface area contributed by atoms with Gasteiger partial charge in [0, 0.05) is 6.42 Å². The topological polar surface area (TPSA) is 90.6 Å². The van der Waals surface area contributed by atoms with Crippen molar-refractivity contribution in [3.8, 4) is 11.5 Å². The third-order valence-corrected chi connectivity index (χ3v) is 5.36. The van der Waals surface area contributed by atoms with E-state index in [0.717, 1.165) is 16.8 Å². The monoisotopic (exact) mass is 448 g/mol. The summed E-state index contributed by atoms with van der Waals surface area (Å²) in [5.41, 5.74) is 3.21. The number of benzene rings is 2. The number of aryl methyl sites for hydroxylation is 1. The standard InChI is InChI=1S/C25H24N2O6/c1-16-6-8-17(9-7-16)19-14-20(21-5-4-12-32-21)27(26-19)24(28)15-33-22-11-10-18(25(29)31-3)13-23(22)30-2/h4-13,20H,14-15H2,1-3H3/t20-/m1/s1. The predicted molar refractivity (Wildman–Crippen MR) is 120 cm³/mol. The predicted octanol–water partition coefficient (Wildman–Crippen LogP) is 4.14. The van der Waals surface area contributed by atoms with Gasteiger partial charge in [-0.2, -0.15) is 5.10 Å². The minimum Gasteiger partial charge on any atom is -0.493 e. The second-order valence-corrected chi connectivity index (χ2v) is 7.53. The zero-order valence-corrected chi connectivity index (χ0v) is 18.6. The van der Waals surface area contributed by atoms with Crippen molar-refractivity contribution in [1.82, 2.24) is 5.01 Å². The van der Waals surface area contributed by atoms with Crippen molar-refractivity contribution >= 4 is 17.6 Å². The Morgan fingerprint density at radius 3 is 2.55 bits per heavy atom. The minimum atomic E-state index is -0.493. The molecule has 2 aromatic carbocycles. The van der Waals surface area contributed by atoms with E-state index in [4.69, 9.17) is 18.6 Å². The van der Waals surface area contributed by atoms with Crippen LogP contribution in [-0.2, 0) is 9.53 Å². The lowest BCUT2D eigenvalue weighted by molar-refractivity contribution is -0.135. The Morgan fingerprint density at radius 2 is 1.88 bits per heavy atom. The average Bonchev–Trinajstić information content (AvgIpc) is 3.52. The maximum Gasteiger partial charge on any atom is 0.337 e. The van der Waals surface area contributed by atoms with Crippen LogP contribution in [0.15, 0.2) is 70.4 Å². The van der Waals surface area contributed by atoms with Crippen LogP contribution in [0.3, 0.4) is 0 Å². The van der Waals surface area contributed by atoms with E-state index in [-0.39, 0.29) is 18.6 Å². The van der Waals surface area contributed by atoms with Gasteiger partial charge in [-0.15, -0.1) is 0 Å². The van der Waals surface area contributed by atoms with Crippen molar-refractivity contribution in [3.63, 3.8) is 0 Å². The smallest absolute Gasteiger partial charge is 0.337 e. The summed E-state index contributed by atoms with van der Waals surface area (Å²) >= 11 is 0. The van der Waals surface area contributed by atoms with Gasteiger partial charge in [-0.1, -0.05) is 29.8 Å². The van der Waals surface area contributed by atoms with Gasteiger partial charge in [-0.3, -0.25) is 4.79 Å². The third kappa shape index (κ3) is 4.74. The first-order valence-electron chi connectivity index (χ1n) is 10.4. The maximum atomic E-state index is 13.1. The van der Waals surface area contributed by atoms with Crippen molar-refractivity contribution in [2.24, 2.45) is 5.10 Å². The van der Waals surface area contributed by atoms with Crippen molar-refractivity contribution in [1.29, 1.82) is 0 Å². The number of carbonyl (C=O) groups excluding carboxylic acids is 2. The van der Waals surface area contributed by atoms with E-state index in [2.05, 4.69) is 5.10 Å². The zero-order valence-electron chi connectivity index (χ0n) is 18.6. The second-order valence-electron chi connectivity index (χ2n) is 7.53. The molecule has 1 aliphatic heterocycles. The number of hydrogen-bond donors (Lipinski definition) is 0. The van der Waals surface area contributed by atoms with Crippen LogP contribution < -0.4 is 9.47 Å². The molecule has 0 spiro atoms. The van der Waals surface area contributed by atoms with E-state index < -0.39 is 5.97 Å². The fraction of sp³-hybridized carbons (Fsp3) is 0.240. The molecule has 1 atom stereocenters. The Bertz CT molecular complexity index is 1170. The summed E-state index contributed by atoms with van der Waals surface area (Å²) in [4.78, 5) is 24.9. The van der Waals surface area contributed by atoms with Crippen LogP contribution in [0.4, 0.5) is 0 Å². The molecular weight excluding hydrogens is 424 g/mol. The summed E-state index contributed by atoms with van der Waals surface area (Å²) in [5.74, 6) is 0.465. The summed E-state index contributed by atoms with van der Waals surface area (Å²) in [7, 11) is 2.76. The van der Waals surface area contributed by atoms with E-state index in [1.807, 2.05) is 37.3 Å². The third-order valence-electron chi connectivity index (χ3n) is 5.36. The molecule has 0 saturated heterocycles. The Kier molecular flexibility index (Phi) is 6.44. The first-order valence-corrected chi connectivity index (χ1v) is 10.4. The number of rotatable bonds is 7. The molecule has 0 radical (unpaired) electrons. The van der Waals surface area contributed by atoms with Gasteiger partial charge in [0.2, 0.25) is 0 Å². The van der Waals surface area contributed by atoms with Gasteiger partial charge in [0.15, 0.2) is 18.1 Å². The molecule has 33 heavy (non-hydrogen) atoms. The number of amides is 1. The number of hydrogen-bond acceptors (Lipinski definition) is 7. The minimum absolute atomic E-state index is 0.268. The summed E-state index contributed by atoms with van der Waals surface area (Å²) in [6, 6.07) is 15.9. The lowest BCUT2D eigenvalue weighted by atomic mass is 10.0. The molecule has 0 fully saturated rings. The molecule has 0 saturated carbocycles. The SMILES string of the molecule is COC(=O)c1ccc(OCC(=O)N2N=C(c3ccc(C)cc3)C[C@@H]2c2ccco2)c(OC)c1. The average molecular weight is 448 g/mol. The molecule has 0 N–H and O–H groups in total. The molecule has 1 aliphatic rings. The fourth-order valence-corrected chi connectivity index (χ4v) is 3.60. The van der Waals surface area contributed by atoms with Crippen LogP contribution in [0.25, 0.3) is 0 Å². The van der Waals surface area contributed by atoms with Gasteiger partial charge in [0.25, 0.3) is 5.91 Å². The van der Waals surface area contributed by atoms with Crippen molar-refractivity contribution < 1.29 is 28.2 Å². The number of ether oxygens (including phenoxy) is 3. The molecule has 3 aromatic rings. The lowest BCUT2D eigenvalue weighted by Crippen LogP contribution is -2.31. The summed E-state index contributed by atoms with van der Waals surface area (Å²) in [5, 5.41) is 6.00. The quantitative estimate of drug-likeness (QED) is 0.505. The Balaban J connectivity index is 1.53. The number of nitrogens with zero attached hydrogens (tertiary/aromatic N) is 2. The van der Waals surface area contributed by atoms with Crippen LogP contribution in [0.5, 0.6) is 11.5 Å². The molecule has 8 heteroatoms. The lowest BCUT2D eigenvalue weighted by Gasteiger charge is -2.20. The van der Waals surface area contributed by atoms with Crippen molar-refractivity contribution in [2.45, 2.75) is 19.4 Å². The maximum absolute atomic E-state index is 13.1. The number of methoxy groups -OCH3 is 2. The second kappa shape index (κ2) is 9.60. The van der Waals surface area contributed by atoms with Gasteiger partial charge < -0.3 is 18.6 Å². The molecule has 1 aromatic heterocycles. The first kappa shape index (κ1) is 22.1. The molecule has 0 unspecified atom stereocenters. The normalized spacial score (nSPS) is 15.2. The van der Waals surface area contributed by atoms with E-state index in [1.54, 1.807) is 24.5 Å². The van der Waals surface area contributed by atoms with Crippen LogP contribution in [0, 0.1) is 6.92 Å². The number of carbonyl (C=O) groups is 2. The number of furan rings is 1. The van der Waals surface area contributed by atoms with Gasteiger partial charge >= 0.3 is 5.97 Å². The molecule has 0 bridgehead atoms. The number of hydrazone groups is 1. The molecular formula is C25H24N2O6. The van der Waals surface area contributed by atoms with Gasteiger partial charge in [0.05, 0.1) is 31.8 Å². The molecule has 8 nitrogen and oxygen atoms in total. The van der Waals surface area contributed by atoms with Crippen LogP contribution >= 0.6 is 0 Å². The van der Waals surface area contributed by atoms with Gasteiger partial charge in [0.1, 0.15) is 11.8 Å². The Morgan fingerprint density at radius 1 is 1.09 bits per heavy atom. The first-order chi connectivity index (χ1) is 16.0. The highest BCUT2D eigenvalue weighted by Crippen LogP contribution is 2.34. The van der Waals surface area contributed by atoms with Crippen LogP contribution in [0.2, 0.25) is 0 Å². The molecule has 170 valence electrons. The summed E-state index contributed by atoms with van der Waals surface area (Å²) in [6.07, 6.45) is 2.10. The molecule has 1 amide bonds. The summed E-state index contributed by atoms with van der Waals surface area (Å²) in [6.45, 7) is 1.75. The highest BCUT2D eigenvalue weighted by atomic mass is 16.5. The van der Waals surface area contributed by atoms with Gasteiger partial charge in [-0.25, -0.2) is 9.80 Å². The van der Waals surface area contributed by atoms with E-state index in [0.29, 0.717) is 29.2 Å². The van der Waals surface area contributed by atoms with E-state index in [9.17, 15) is 9.59 Å². The van der Waals surface area contributed by atoms with Crippen molar-refractivity contribution in [2.75, 3.05) is 20.8 Å². The van der Waals surface area contributed by atoms with Crippen LogP contribution in [-0.4, -0.2) is 43.4 Å². The van der Waals surface area contributed by atoms with Crippen LogP contribution in [0.1, 0.15) is 39.7 Å². The molecule has 2 heterocycles. The Labute approximate surface area is 191 Å². The Hall–Kier alpha value is -4.07. The fourth-order valence-electron chi connectivity index (χ4n) is 3.60. The van der Waals surface area contributed by atoms with E-state index >= 15 is 0 Å². The van der Waals surface area contributed by atoms with Crippen molar-refractivity contribution in [3.05, 3.63) is 83.3 Å². The zero-order chi connectivity index (χ0) is 23.4. The summed E-state index contributed by atoms with van der Waals surface area (Å²) < 4.78 is 21.3. The van der Waals surface area contributed by atoms with E-state index in [1.165, 1.54) is 25.3 Å². The highest BCUT2D eigenvalue weighted by Gasteiger charge is 2.35. The highest BCUT2D eigenvalue weighted by molar-refractivity contribution is 6.03. The number of esters is 1. The largest absolute Gasteiger partial charge is 0.493 e.